The molecule has 6 nitrogen and oxygen atoms in total. The first-order valence-electron chi connectivity index (χ1n) is 7.36. The fourth-order valence-corrected chi connectivity index (χ4v) is 2.77. The van der Waals surface area contributed by atoms with Crippen molar-refractivity contribution in [2.24, 2.45) is 0 Å². The molecule has 0 unspecified atom stereocenters. The highest BCUT2D eigenvalue weighted by atomic mass is 15.4. The number of rotatable bonds is 5. The number of fused-ring (bicyclic) bond motifs is 2. The van der Waals surface area contributed by atoms with Crippen LogP contribution in [0.15, 0.2) is 6.33 Å². The molecule has 2 aromatic heterocycles. The summed E-state index contributed by atoms with van der Waals surface area (Å²) in [7, 11) is 4.20. The van der Waals surface area contributed by atoms with Crippen LogP contribution in [-0.2, 0) is 12.8 Å². The smallest absolute Gasteiger partial charge is 0.254 e. The molecule has 0 aromatic carbocycles. The Kier molecular flexibility index (Phi) is 3.82. The zero-order chi connectivity index (χ0) is 13.9. The zero-order valence-electron chi connectivity index (χ0n) is 12.3. The van der Waals surface area contributed by atoms with Crippen molar-refractivity contribution in [3.63, 3.8) is 0 Å². The predicted octanol–water partition coefficient (Wildman–Crippen LogP) is 1.37. The van der Waals surface area contributed by atoms with Gasteiger partial charge >= 0.3 is 0 Å². The summed E-state index contributed by atoms with van der Waals surface area (Å²) in [6.45, 7) is 2.03. The number of hydrogen-bond acceptors (Lipinski definition) is 5. The molecule has 0 radical (unpaired) electrons. The van der Waals surface area contributed by atoms with Crippen LogP contribution in [-0.4, -0.2) is 51.7 Å². The highest BCUT2D eigenvalue weighted by Gasteiger charge is 2.19. The number of nitrogens with zero attached hydrogens (tertiary/aromatic N) is 5. The Balaban J connectivity index is 1.85. The second-order valence-electron chi connectivity index (χ2n) is 5.65. The molecule has 0 aliphatic heterocycles. The van der Waals surface area contributed by atoms with Crippen molar-refractivity contribution >= 4 is 11.6 Å². The van der Waals surface area contributed by atoms with Crippen LogP contribution < -0.4 is 5.32 Å². The normalized spacial score (nSPS) is 14.8. The van der Waals surface area contributed by atoms with Crippen LogP contribution in [0.3, 0.4) is 0 Å². The topological polar surface area (TPSA) is 58.3 Å². The van der Waals surface area contributed by atoms with Gasteiger partial charge in [-0.1, -0.05) is 0 Å². The molecule has 1 aliphatic rings. The van der Waals surface area contributed by atoms with Gasteiger partial charge in [-0.05, 0) is 52.7 Å². The molecule has 1 N–H and O–H groups in total. The average Bonchev–Trinajstić information content (AvgIpc) is 2.90. The van der Waals surface area contributed by atoms with E-state index >= 15 is 0 Å². The molecule has 20 heavy (non-hydrogen) atoms. The van der Waals surface area contributed by atoms with Crippen LogP contribution in [0.25, 0.3) is 5.78 Å². The van der Waals surface area contributed by atoms with Gasteiger partial charge in [-0.2, -0.15) is 14.6 Å². The Hall–Kier alpha value is -1.69. The minimum absolute atomic E-state index is 0.709. The SMILES string of the molecule is CN(C)CCCNc1c2c(nc3ncnn13)CCCC2. The Morgan fingerprint density at radius 1 is 1.30 bits per heavy atom. The third-order valence-corrected chi connectivity index (χ3v) is 3.78. The third kappa shape index (κ3) is 2.60. The molecule has 0 spiro atoms. The fraction of sp³-hybridized carbons (Fsp3) is 0.643. The number of hydrogen-bond donors (Lipinski definition) is 1. The Labute approximate surface area is 119 Å². The van der Waals surface area contributed by atoms with E-state index in [9.17, 15) is 0 Å². The molecule has 1 aliphatic carbocycles. The summed E-state index contributed by atoms with van der Waals surface area (Å²) in [6, 6.07) is 0. The molecule has 0 saturated carbocycles. The number of aryl methyl sites for hydroxylation is 1. The monoisotopic (exact) mass is 274 g/mol. The van der Waals surface area contributed by atoms with E-state index in [4.69, 9.17) is 0 Å². The summed E-state index contributed by atoms with van der Waals surface area (Å²) in [5, 5.41) is 7.86. The van der Waals surface area contributed by atoms with Crippen LogP contribution in [0, 0.1) is 0 Å². The lowest BCUT2D eigenvalue weighted by atomic mass is 9.96. The summed E-state index contributed by atoms with van der Waals surface area (Å²) in [4.78, 5) is 11.1. The molecule has 0 saturated heterocycles. The lowest BCUT2D eigenvalue weighted by Crippen LogP contribution is -2.19. The maximum absolute atomic E-state index is 4.63. The molecule has 2 heterocycles. The zero-order valence-corrected chi connectivity index (χ0v) is 12.3. The minimum atomic E-state index is 0.709. The second-order valence-corrected chi connectivity index (χ2v) is 5.65. The van der Waals surface area contributed by atoms with Crippen molar-refractivity contribution < 1.29 is 0 Å². The van der Waals surface area contributed by atoms with Gasteiger partial charge in [-0.15, -0.1) is 0 Å². The molecular weight excluding hydrogens is 252 g/mol. The molecule has 0 amide bonds. The first-order chi connectivity index (χ1) is 9.75. The van der Waals surface area contributed by atoms with Crippen molar-refractivity contribution in [3.8, 4) is 0 Å². The van der Waals surface area contributed by atoms with Crippen LogP contribution in [0.1, 0.15) is 30.5 Å². The van der Waals surface area contributed by atoms with Gasteiger partial charge in [0.1, 0.15) is 12.1 Å². The van der Waals surface area contributed by atoms with E-state index in [0.29, 0.717) is 5.78 Å². The van der Waals surface area contributed by atoms with Crippen molar-refractivity contribution in [3.05, 3.63) is 17.6 Å². The average molecular weight is 274 g/mol. The van der Waals surface area contributed by atoms with Crippen molar-refractivity contribution in [2.45, 2.75) is 32.1 Å². The van der Waals surface area contributed by atoms with E-state index in [1.54, 1.807) is 6.33 Å². The quantitative estimate of drug-likeness (QED) is 0.834. The molecule has 108 valence electrons. The van der Waals surface area contributed by atoms with E-state index in [2.05, 4.69) is 39.4 Å². The molecule has 0 fully saturated rings. The van der Waals surface area contributed by atoms with Gasteiger partial charge in [0.15, 0.2) is 0 Å². The lowest BCUT2D eigenvalue weighted by molar-refractivity contribution is 0.405. The predicted molar refractivity (Wildman–Crippen MR) is 79.1 cm³/mol. The molecule has 0 atom stereocenters. The summed E-state index contributed by atoms with van der Waals surface area (Å²) in [5.41, 5.74) is 2.53. The van der Waals surface area contributed by atoms with Crippen LogP contribution in [0.4, 0.5) is 5.82 Å². The Bertz CT molecular complexity index is 589. The van der Waals surface area contributed by atoms with Gasteiger partial charge in [0.05, 0.1) is 5.69 Å². The third-order valence-electron chi connectivity index (χ3n) is 3.78. The van der Waals surface area contributed by atoms with E-state index in [0.717, 1.165) is 38.2 Å². The number of aromatic nitrogens is 4. The van der Waals surface area contributed by atoms with Gasteiger partial charge < -0.3 is 10.2 Å². The standard InChI is InChI=1S/C14H22N6/c1-19(2)9-5-8-15-13-11-6-3-4-7-12(11)18-14-16-10-17-20(13)14/h10,15H,3-9H2,1-2H3. The first-order valence-corrected chi connectivity index (χ1v) is 7.36. The van der Waals surface area contributed by atoms with E-state index in [-0.39, 0.29) is 0 Å². The summed E-state index contributed by atoms with van der Waals surface area (Å²) >= 11 is 0. The lowest BCUT2D eigenvalue weighted by Gasteiger charge is -2.20. The Morgan fingerprint density at radius 3 is 3.00 bits per heavy atom. The summed E-state index contributed by atoms with van der Waals surface area (Å²) in [6.07, 6.45) is 7.31. The van der Waals surface area contributed by atoms with Gasteiger partial charge in [-0.3, -0.25) is 0 Å². The highest BCUT2D eigenvalue weighted by Crippen LogP contribution is 2.26. The van der Waals surface area contributed by atoms with Crippen LogP contribution >= 0.6 is 0 Å². The summed E-state index contributed by atoms with van der Waals surface area (Å²) < 4.78 is 1.85. The van der Waals surface area contributed by atoms with Gasteiger partial charge in [-0.25, -0.2) is 4.98 Å². The summed E-state index contributed by atoms with van der Waals surface area (Å²) in [5.74, 6) is 1.81. The van der Waals surface area contributed by atoms with Gasteiger partial charge in [0.2, 0.25) is 0 Å². The Morgan fingerprint density at radius 2 is 2.15 bits per heavy atom. The molecule has 3 rings (SSSR count). The van der Waals surface area contributed by atoms with E-state index in [1.807, 2.05) is 4.52 Å². The molecular formula is C14H22N6. The van der Waals surface area contributed by atoms with Crippen molar-refractivity contribution in [1.82, 2.24) is 24.5 Å². The maximum Gasteiger partial charge on any atom is 0.254 e. The van der Waals surface area contributed by atoms with Crippen molar-refractivity contribution in [1.29, 1.82) is 0 Å². The van der Waals surface area contributed by atoms with E-state index < -0.39 is 0 Å². The number of anilines is 1. The van der Waals surface area contributed by atoms with E-state index in [1.165, 1.54) is 24.1 Å². The molecule has 2 aromatic rings. The highest BCUT2D eigenvalue weighted by molar-refractivity contribution is 5.53. The van der Waals surface area contributed by atoms with Gasteiger partial charge in [0.25, 0.3) is 5.78 Å². The first kappa shape index (κ1) is 13.3. The molecule has 6 heteroatoms. The van der Waals surface area contributed by atoms with Gasteiger partial charge in [0, 0.05) is 12.1 Å². The van der Waals surface area contributed by atoms with Crippen molar-refractivity contribution in [2.75, 3.05) is 32.5 Å². The largest absolute Gasteiger partial charge is 0.370 e. The number of nitrogens with one attached hydrogen (secondary N) is 1. The second kappa shape index (κ2) is 5.75. The van der Waals surface area contributed by atoms with Crippen LogP contribution in [0.5, 0.6) is 0 Å². The molecule has 0 bridgehead atoms. The van der Waals surface area contributed by atoms with Crippen LogP contribution in [0.2, 0.25) is 0 Å². The minimum Gasteiger partial charge on any atom is -0.370 e. The fourth-order valence-electron chi connectivity index (χ4n) is 2.77. The maximum atomic E-state index is 4.63.